The first-order valence-corrected chi connectivity index (χ1v) is 5.64. The number of hydrogen-bond donors (Lipinski definition) is 2. The summed E-state index contributed by atoms with van der Waals surface area (Å²) in [5.41, 5.74) is 3.68. The maximum absolute atomic E-state index is 12.9. The van der Waals surface area contributed by atoms with Crippen molar-refractivity contribution in [1.29, 1.82) is 5.26 Å². The molecule has 0 bridgehead atoms. The van der Waals surface area contributed by atoms with Gasteiger partial charge in [-0.3, -0.25) is 0 Å². The van der Waals surface area contributed by atoms with E-state index in [2.05, 4.69) is 15.3 Å². The summed E-state index contributed by atoms with van der Waals surface area (Å²) in [6.45, 7) is 0.179. The van der Waals surface area contributed by atoms with Crippen molar-refractivity contribution >= 4 is 29.1 Å². The Labute approximate surface area is 116 Å². The minimum absolute atomic E-state index is 0.0264. The molecular weight excluding hydrogens is 295 g/mol. The molecule has 0 radical (unpaired) electrons. The first kappa shape index (κ1) is 14.1. The third-order valence-electron chi connectivity index (χ3n) is 2.40. The van der Waals surface area contributed by atoms with Crippen molar-refractivity contribution in [2.75, 3.05) is 11.9 Å². The molecule has 1 aromatic rings. The average molecular weight is 302 g/mol. The van der Waals surface area contributed by atoms with Gasteiger partial charge >= 0.3 is 6.18 Å². The van der Waals surface area contributed by atoms with Gasteiger partial charge in [0, 0.05) is 5.69 Å². The molecule has 5 nitrogen and oxygen atoms in total. The number of halogens is 4. The summed E-state index contributed by atoms with van der Waals surface area (Å²) in [6, 6.07) is 3.41. The number of nitrogens with two attached hydrogens (primary N) is 1. The van der Waals surface area contributed by atoms with E-state index in [1.807, 2.05) is 0 Å². The van der Waals surface area contributed by atoms with E-state index < -0.39 is 17.3 Å². The zero-order chi connectivity index (χ0) is 14.9. The smallest absolute Gasteiger partial charge is 0.385 e. The number of amidine groups is 1. The van der Waals surface area contributed by atoms with Crippen LogP contribution < -0.4 is 11.1 Å². The fourth-order valence-corrected chi connectivity index (χ4v) is 1.84. The van der Waals surface area contributed by atoms with Gasteiger partial charge in [-0.15, -0.1) is 0 Å². The highest BCUT2D eigenvalue weighted by atomic mass is 35.5. The van der Waals surface area contributed by atoms with Crippen LogP contribution in [-0.2, 0) is 6.18 Å². The lowest BCUT2D eigenvalue weighted by Gasteiger charge is -2.12. The highest BCUT2D eigenvalue weighted by molar-refractivity contribution is 6.32. The molecule has 1 aromatic carbocycles. The Kier molecular flexibility index (Phi) is 3.55. The molecule has 20 heavy (non-hydrogen) atoms. The van der Waals surface area contributed by atoms with Crippen LogP contribution in [-0.4, -0.2) is 18.3 Å². The maximum Gasteiger partial charge on any atom is 0.417 e. The number of anilines is 1. The highest BCUT2D eigenvalue weighted by Crippen LogP contribution is 2.37. The van der Waals surface area contributed by atoms with Crippen molar-refractivity contribution < 1.29 is 13.2 Å². The van der Waals surface area contributed by atoms with Crippen molar-refractivity contribution in [2.24, 2.45) is 15.7 Å². The first-order chi connectivity index (χ1) is 9.31. The minimum Gasteiger partial charge on any atom is -0.385 e. The van der Waals surface area contributed by atoms with Crippen molar-refractivity contribution in [3.05, 3.63) is 28.3 Å². The second kappa shape index (κ2) is 5.02. The molecule has 0 fully saturated rings. The second-order valence-electron chi connectivity index (χ2n) is 3.86. The van der Waals surface area contributed by atoms with Crippen LogP contribution in [0, 0.1) is 11.3 Å². The topological polar surface area (TPSA) is 86.6 Å². The SMILES string of the molecule is N#Cc1c(Cl)cc(NC2=NCC(N)=N2)cc1C(F)(F)F. The summed E-state index contributed by atoms with van der Waals surface area (Å²) in [7, 11) is 0. The van der Waals surface area contributed by atoms with Crippen molar-refractivity contribution in [1.82, 2.24) is 0 Å². The van der Waals surface area contributed by atoms with E-state index in [1.165, 1.54) is 12.1 Å². The maximum atomic E-state index is 12.9. The van der Waals surface area contributed by atoms with Crippen LogP contribution in [0.25, 0.3) is 0 Å². The molecule has 104 valence electrons. The molecule has 0 amide bonds. The molecule has 1 heterocycles. The van der Waals surface area contributed by atoms with E-state index in [0.717, 1.165) is 6.07 Å². The molecule has 1 aliphatic rings. The Bertz CT molecular complexity index is 657. The Hall–Kier alpha value is -2.27. The molecular formula is C11H7ClF3N5. The van der Waals surface area contributed by atoms with Gasteiger partial charge in [-0.05, 0) is 12.1 Å². The Morgan fingerprint density at radius 2 is 2.10 bits per heavy atom. The number of nitrogens with zero attached hydrogens (tertiary/aromatic N) is 3. The lowest BCUT2D eigenvalue weighted by atomic mass is 10.1. The van der Waals surface area contributed by atoms with Gasteiger partial charge in [-0.25, -0.2) is 4.99 Å². The molecule has 1 aliphatic heterocycles. The van der Waals surface area contributed by atoms with E-state index in [1.54, 1.807) is 0 Å². The van der Waals surface area contributed by atoms with E-state index in [-0.39, 0.29) is 29.0 Å². The van der Waals surface area contributed by atoms with E-state index >= 15 is 0 Å². The number of aliphatic imine (C=N–C) groups is 2. The van der Waals surface area contributed by atoms with Gasteiger partial charge in [0.05, 0.1) is 16.1 Å². The van der Waals surface area contributed by atoms with Crippen molar-refractivity contribution in [2.45, 2.75) is 6.18 Å². The molecule has 2 rings (SSSR count). The monoisotopic (exact) mass is 301 g/mol. The number of benzene rings is 1. The average Bonchev–Trinajstić information content (AvgIpc) is 2.73. The van der Waals surface area contributed by atoms with E-state index in [9.17, 15) is 13.2 Å². The lowest BCUT2D eigenvalue weighted by Crippen LogP contribution is -2.14. The summed E-state index contributed by atoms with van der Waals surface area (Å²) in [6.07, 6.45) is -4.69. The fourth-order valence-electron chi connectivity index (χ4n) is 1.58. The van der Waals surface area contributed by atoms with Gasteiger partial charge < -0.3 is 11.1 Å². The predicted octanol–water partition coefficient (Wildman–Crippen LogP) is 2.37. The number of nitriles is 1. The molecule has 9 heteroatoms. The van der Waals surface area contributed by atoms with Gasteiger partial charge in [0.2, 0.25) is 5.96 Å². The number of alkyl halides is 3. The zero-order valence-electron chi connectivity index (χ0n) is 9.79. The summed E-state index contributed by atoms with van der Waals surface area (Å²) >= 11 is 5.69. The van der Waals surface area contributed by atoms with E-state index in [0.29, 0.717) is 0 Å². The molecule has 0 saturated heterocycles. The molecule has 0 atom stereocenters. The van der Waals surface area contributed by atoms with Gasteiger partial charge in [0.15, 0.2) is 0 Å². The Balaban J connectivity index is 2.42. The van der Waals surface area contributed by atoms with Gasteiger partial charge in [-0.1, -0.05) is 11.6 Å². The zero-order valence-corrected chi connectivity index (χ0v) is 10.5. The summed E-state index contributed by atoms with van der Waals surface area (Å²) < 4.78 is 38.6. The van der Waals surface area contributed by atoms with Crippen molar-refractivity contribution in [3.8, 4) is 6.07 Å². The minimum atomic E-state index is -4.69. The standard InChI is InChI=1S/C11H7ClF3N5/c12-8-2-5(19-10-18-4-9(17)20-10)1-7(6(8)3-16)11(13,14)15/h1-2H,4H2,(H3,17,18,19,20). The van der Waals surface area contributed by atoms with Crippen LogP contribution in [0.3, 0.4) is 0 Å². The highest BCUT2D eigenvalue weighted by Gasteiger charge is 2.35. The quantitative estimate of drug-likeness (QED) is 0.835. The van der Waals surface area contributed by atoms with Gasteiger partial charge in [-0.2, -0.15) is 23.4 Å². The molecule has 0 aliphatic carbocycles. The first-order valence-electron chi connectivity index (χ1n) is 5.26. The number of rotatable bonds is 1. The molecule has 3 N–H and O–H groups in total. The van der Waals surface area contributed by atoms with Crippen LogP contribution in [0.1, 0.15) is 11.1 Å². The predicted molar refractivity (Wildman–Crippen MR) is 68.7 cm³/mol. The number of hydrogen-bond acceptors (Lipinski definition) is 5. The van der Waals surface area contributed by atoms with Crippen LogP contribution in [0.5, 0.6) is 0 Å². The van der Waals surface area contributed by atoms with Crippen LogP contribution in [0.15, 0.2) is 22.1 Å². The normalized spacial score (nSPS) is 14.6. The third kappa shape index (κ3) is 2.83. The van der Waals surface area contributed by atoms with E-state index in [4.69, 9.17) is 22.6 Å². The Morgan fingerprint density at radius 1 is 1.40 bits per heavy atom. The van der Waals surface area contributed by atoms with Crippen LogP contribution in [0.4, 0.5) is 18.9 Å². The van der Waals surface area contributed by atoms with Gasteiger partial charge in [0.25, 0.3) is 0 Å². The number of nitrogens with one attached hydrogen (secondary N) is 1. The fraction of sp³-hybridized carbons (Fsp3) is 0.182. The largest absolute Gasteiger partial charge is 0.417 e. The summed E-state index contributed by atoms with van der Waals surface area (Å²) in [5, 5.41) is 11.0. The van der Waals surface area contributed by atoms with Crippen LogP contribution >= 0.6 is 11.6 Å². The van der Waals surface area contributed by atoms with Crippen LogP contribution in [0.2, 0.25) is 5.02 Å². The molecule has 0 spiro atoms. The Morgan fingerprint density at radius 3 is 2.60 bits per heavy atom. The van der Waals surface area contributed by atoms with Gasteiger partial charge in [0.1, 0.15) is 18.4 Å². The molecule has 0 aromatic heterocycles. The third-order valence-corrected chi connectivity index (χ3v) is 2.70. The van der Waals surface area contributed by atoms with Crippen molar-refractivity contribution in [3.63, 3.8) is 0 Å². The molecule has 0 saturated carbocycles. The summed E-state index contributed by atoms with van der Waals surface area (Å²) in [4.78, 5) is 7.66. The number of guanidine groups is 1. The molecule has 0 unspecified atom stereocenters. The summed E-state index contributed by atoms with van der Waals surface area (Å²) in [5.74, 6) is 0.347. The lowest BCUT2D eigenvalue weighted by molar-refractivity contribution is -0.137. The second-order valence-corrected chi connectivity index (χ2v) is 4.27.